The zero-order valence-electron chi connectivity index (χ0n) is 16.9. The van der Waals surface area contributed by atoms with Crippen LogP contribution in [0.25, 0.3) is 11.4 Å². The van der Waals surface area contributed by atoms with E-state index in [1.54, 1.807) is 24.4 Å². The van der Waals surface area contributed by atoms with Gasteiger partial charge in [0, 0.05) is 11.4 Å². The molecule has 0 fully saturated rings. The van der Waals surface area contributed by atoms with Gasteiger partial charge in [-0.15, -0.1) is 0 Å². The highest BCUT2D eigenvalue weighted by atomic mass is 35.5. The number of nitrogens with zero attached hydrogens (tertiary/aromatic N) is 4. The SMILES string of the molecule is CCc1c(C)cnn1-c1ccc(Nc2cn(-c3c(Cl)cccc3Cl)nc2C(N)=O)cc1. The third-order valence-electron chi connectivity index (χ3n) is 4.92. The Bertz CT molecular complexity index is 1240. The van der Waals surface area contributed by atoms with Crippen molar-refractivity contribution in [3.05, 3.63) is 81.9 Å². The molecule has 0 saturated heterocycles. The van der Waals surface area contributed by atoms with Crippen LogP contribution in [0.3, 0.4) is 0 Å². The molecule has 2 aromatic heterocycles. The van der Waals surface area contributed by atoms with Crippen LogP contribution < -0.4 is 11.1 Å². The Morgan fingerprint density at radius 3 is 2.42 bits per heavy atom. The van der Waals surface area contributed by atoms with Crippen molar-refractivity contribution in [3.63, 3.8) is 0 Å². The molecular formula is C22H20Cl2N6O. The number of rotatable bonds is 6. The fourth-order valence-corrected chi connectivity index (χ4v) is 3.99. The molecule has 31 heavy (non-hydrogen) atoms. The van der Waals surface area contributed by atoms with Crippen molar-refractivity contribution in [3.8, 4) is 11.4 Å². The van der Waals surface area contributed by atoms with Gasteiger partial charge in [0.15, 0.2) is 5.69 Å². The minimum Gasteiger partial charge on any atom is -0.364 e. The van der Waals surface area contributed by atoms with Gasteiger partial charge in [-0.1, -0.05) is 36.2 Å². The van der Waals surface area contributed by atoms with Crippen LogP contribution in [-0.2, 0) is 6.42 Å². The first-order chi connectivity index (χ1) is 14.9. The molecule has 0 atom stereocenters. The second-order valence-corrected chi connectivity index (χ2v) is 7.80. The van der Waals surface area contributed by atoms with E-state index in [2.05, 4.69) is 22.4 Å². The van der Waals surface area contributed by atoms with Gasteiger partial charge >= 0.3 is 0 Å². The Kier molecular flexibility index (Phi) is 5.71. The number of benzene rings is 2. The molecule has 0 unspecified atom stereocenters. The lowest BCUT2D eigenvalue weighted by molar-refractivity contribution is 0.0996. The maximum atomic E-state index is 12.0. The molecule has 1 amide bonds. The lowest BCUT2D eigenvalue weighted by Crippen LogP contribution is -2.14. The van der Waals surface area contributed by atoms with E-state index in [4.69, 9.17) is 28.9 Å². The number of aromatic nitrogens is 4. The summed E-state index contributed by atoms with van der Waals surface area (Å²) < 4.78 is 3.37. The summed E-state index contributed by atoms with van der Waals surface area (Å²) in [6.45, 7) is 4.15. The molecule has 4 aromatic rings. The summed E-state index contributed by atoms with van der Waals surface area (Å²) in [7, 11) is 0. The maximum absolute atomic E-state index is 12.0. The number of aryl methyl sites for hydroxylation is 1. The Balaban J connectivity index is 1.66. The number of hydrogen-bond donors (Lipinski definition) is 2. The van der Waals surface area contributed by atoms with Crippen molar-refractivity contribution < 1.29 is 4.79 Å². The quantitative estimate of drug-likeness (QED) is 0.424. The van der Waals surface area contributed by atoms with Crippen LogP contribution in [0.5, 0.6) is 0 Å². The van der Waals surface area contributed by atoms with E-state index in [0.29, 0.717) is 21.4 Å². The summed E-state index contributed by atoms with van der Waals surface area (Å²) in [6.07, 6.45) is 4.38. The van der Waals surface area contributed by atoms with Gasteiger partial charge < -0.3 is 11.1 Å². The number of carbonyl (C=O) groups is 1. The number of nitrogens with two attached hydrogens (primary N) is 1. The number of nitrogens with one attached hydrogen (secondary N) is 1. The molecule has 0 radical (unpaired) electrons. The summed E-state index contributed by atoms with van der Waals surface area (Å²) in [6, 6.07) is 12.8. The van der Waals surface area contributed by atoms with Gasteiger partial charge in [0.05, 0.1) is 33.8 Å². The van der Waals surface area contributed by atoms with E-state index in [9.17, 15) is 4.79 Å². The summed E-state index contributed by atoms with van der Waals surface area (Å²) in [5, 5.41) is 12.7. The molecule has 4 rings (SSSR count). The molecule has 0 bridgehead atoms. The first-order valence-corrected chi connectivity index (χ1v) is 10.4. The number of primary amides is 1. The summed E-state index contributed by atoms with van der Waals surface area (Å²) in [5.41, 5.74) is 10.6. The first kappa shape index (κ1) is 21.0. The largest absolute Gasteiger partial charge is 0.364 e. The lowest BCUT2D eigenvalue weighted by atomic mass is 10.2. The van der Waals surface area contributed by atoms with Crippen molar-refractivity contribution in [1.29, 1.82) is 0 Å². The van der Waals surface area contributed by atoms with Crippen LogP contribution in [0.1, 0.15) is 28.7 Å². The summed E-state index contributed by atoms with van der Waals surface area (Å²) in [5.74, 6) is -0.666. The third kappa shape index (κ3) is 4.02. The van der Waals surface area contributed by atoms with Gasteiger partial charge in [-0.2, -0.15) is 10.2 Å². The van der Waals surface area contributed by atoms with Crippen molar-refractivity contribution in [2.45, 2.75) is 20.3 Å². The van der Waals surface area contributed by atoms with E-state index in [0.717, 1.165) is 29.1 Å². The molecule has 0 spiro atoms. The summed E-state index contributed by atoms with van der Waals surface area (Å²) in [4.78, 5) is 12.0. The predicted octanol–water partition coefficient (Wildman–Crippen LogP) is 5.08. The van der Waals surface area contributed by atoms with Crippen LogP contribution in [0, 0.1) is 6.92 Å². The normalized spacial score (nSPS) is 11.0. The summed E-state index contributed by atoms with van der Waals surface area (Å²) >= 11 is 12.6. The molecule has 7 nitrogen and oxygen atoms in total. The average molecular weight is 455 g/mol. The van der Waals surface area contributed by atoms with Crippen LogP contribution in [0.15, 0.2) is 54.9 Å². The molecule has 0 aliphatic heterocycles. The van der Waals surface area contributed by atoms with Crippen LogP contribution in [-0.4, -0.2) is 25.5 Å². The van der Waals surface area contributed by atoms with E-state index in [1.165, 1.54) is 4.68 Å². The maximum Gasteiger partial charge on any atom is 0.271 e. The van der Waals surface area contributed by atoms with E-state index < -0.39 is 5.91 Å². The van der Waals surface area contributed by atoms with Gasteiger partial charge in [0.2, 0.25) is 0 Å². The lowest BCUT2D eigenvalue weighted by Gasteiger charge is -2.09. The molecule has 2 heterocycles. The van der Waals surface area contributed by atoms with E-state index >= 15 is 0 Å². The van der Waals surface area contributed by atoms with Crippen LogP contribution in [0.4, 0.5) is 11.4 Å². The van der Waals surface area contributed by atoms with Crippen molar-refractivity contribution in [2.75, 3.05) is 5.32 Å². The van der Waals surface area contributed by atoms with Gasteiger partial charge in [0.1, 0.15) is 5.69 Å². The highest BCUT2D eigenvalue weighted by Crippen LogP contribution is 2.30. The van der Waals surface area contributed by atoms with Crippen molar-refractivity contribution >= 4 is 40.5 Å². The first-order valence-electron chi connectivity index (χ1n) is 9.63. The van der Waals surface area contributed by atoms with Gasteiger partial charge in [-0.05, 0) is 55.3 Å². The molecule has 0 aliphatic rings. The molecule has 2 aromatic carbocycles. The molecule has 0 saturated carbocycles. The number of carbonyl (C=O) groups excluding carboxylic acids is 1. The van der Waals surface area contributed by atoms with E-state index in [-0.39, 0.29) is 5.69 Å². The number of amides is 1. The predicted molar refractivity (Wildman–Crippen MR) is 123 cm³/mol. The third-order valence-corrected chi connectivity index (χ3v) is 5.53. The molecule has 0 aliphatic carbocycles. The van der Waals surface area contributed by atoms with Gasteiger partial charge in [-0.25, -0.2) is 9.36 Å². The molecule has 3 N–H and O–H groups in total. The Morgan fingerprint density at radius 1 is 1.13 bits per heavy atom. The van der Waals surface area contributed by atoms with Crippen LogP contribution in [0.2, 0.25) is 10.0 Å². The Labute approximate surface area is 189 Å². The fourth-order valence-electron chi connectivity index (χ4n) is 3.42. The number of para-hydroxylation sites is 1. The highest BCUT2D eigenvalue weighted by molar-refractivity contribution is 6.37. The molecule has 158 valence electrons. The zero-order chi connectivity index (χ0) is 22.1. The minimum atomic E-state index is -0.666. The second kappa shape index (κ2) is 8.45. The topological polar surface area (TPSA) is 90.8 Å². The smallest absolute Gasteiger partial charge is 0.271 e. The monoisotopic (exact) mass is 454 g/mol. The minimum absolute atomic E-state index is 0.0797. The van der Waals surface area contributed by atoms with E-state index in [1.807, 2.05) is 42.1 Å². The fraction of sp³-hybridized carbons (Fsp3) is 0.136. The van der Waals surface area contributed by atoms with Gasteiger partial charge in [-0.3, -0.25) is 4.79 Å². The highest BCUT2D eigenvalue weighted by Gasteiger charge is 2.18. The number of hydrogen-bond acceptors (Lipinski definition) is 4. The average Bonchev–Trinajstić information content (AvgIpc) is 3.32. The zero-order valence-corrected chi connectivity index (χ0v) is 18.4. The Morgan fingerprint density at radius 2 is 1.81 bits per heavy atom. The van der Waals surface area contributed by atoms with Gasteiger partial charge in [0.25, 0.3) is 5.91 Å². The van der Waals surface area contributed by atoms with Crippen molar-refractivity contribution in [2.24, 2.45) is 5.73 Å². The standard InChI is InChI=1S/C22H20Cl2N6O/c1-3-19-13(2)11-26-30(19)15-9-7-14(8-10-15)27-18-12-29(28-20(18)22(25)31)21-16(23)5-4-6-17(21)24/h4-12,27H,3H2,1-2H3,(H2,25,31). The number of halogens is 2. The number of anilines is 2. The molecular weight excluding hydrogens is 435 g/mol. The molecule has 9 heteroatoms. The van der Waals surface area contributed by atoms with Crippen molar-refractivity contribution in [1.82, 2.24) is 19.6 Å². The van der Waals surface area contributed by atoms with Crippen LogP contribution >= 0.6 is 23.2 Å². The Hall–Kier alpha value is -3.29. The second-order valence-electron chi connectivity index (χ2n) is 6.98.